The number of hydrogen-bond acceptors (Lipinski definition) is 7. The molecular formula is C25H34O7. The smallest absolute Gasteiger partial charge is 0.305 e. The van der Waals surface area contributed by atoms with E-state index in [0.717, 1.165) is 25.7 Å². The number of unbranched alkanes of at least 4 members (excludes halogenated alkanes) is 3. The number of carbonyl (C=O) groups is 4. The molecule has 0 heterocycles. The molecule has 0 aromatic carbocycles. The Morgan fingerprint density at radius 3 is 2.50 bits per heavy atom. The average molecular weight is 447 g/mol. The summed E-state index contributed by atoms with van der Waals surface area (Å²) in [6, 6.07) is 0. The fraction of sp³-hybridized carbons (Fsp3) is 0.520. The standard InChI is InChI=1S/C25H34O7/c1-5-6-7-8-9-10-17-25(32-20(3)27)18-16-23(28)22(25)13-11-12-21(31-19(2)26)14-15-24(29)30-4/h9-13,16,18,21H,5-8,14-15,17H2,1-4H3/b10-9?,12-11+,22-13-. The van der Waals surface area contributed by atoms with Crippen LogP contribution >= 0.6 is 0 Å². The predicted octanol–water partition coefficient (Wildman–Crippen LogP) is 4.32. The van der Waals surface area contributed by atoms with E-state index < -0.39 is 29.6 Å². The molecule has 0 bridgehead atoms. The van der Waals surface area contributed by atoms with E-state index in [1.54, 1.807) is 24.3 Å². The SMILES string of the molecule is CCCCCC=CCC1(OC(C)=O)C=CC(=O)/C1=C/C=C/C(CCC(=O)OC)OC(C)=O. The van der Waals surface area contributed by atoms with E-state index in [1.807, 2.05) is 12.2 Å². The van der Waals surface area contributed by atoms with Crippen molar-refractivity contribution >= 4 is 23.7 Å². The van der Waals surface area contributed by atoms with Gasteiger partial charge in [0.2, 0.25) is 0 Å². The van der Waals surface area contributed by atoms with Crippen LogP contribution < -0.4 is 0 Å². The van der Waals surface area contributed by atoms with Crippen LogP contribution in [0.15, 0.2) is 48.1 Å². The lowest BCUT2D eigenvalue weighted by molar-refractivity contribution is -0.149. The van der Waals surface area contributed by atoms with Gasteiger partial charge in [0.15, 0.2) is 11.4 Å². The number of ketones is 1. The predicted molar refractivity (Wildman–Crippen MR) is 121 cm³/mol. The highest BCUT2D eigenvalue weighted by Gasteiger charge is 2.41. The molecule has 1 rings (SSSR count). The number of allylic oxidation sites excluding steroid dienone is 4. The zero-order valence-electron chi connectivity index (χ0n) is 19.4. The van der Waals surface area contributed by atoms with Crippen molar-refractivity contribution in [1.82, 2.24) is 0 Å². The highest BCUT2D eigenvalue weighted by Crippen LogP contribution is 2.34. The zero-order chi connectivity index (χ0) is 24.0. The summed E-state index contributed by atoms with van der Waals surface area (Å²) in [5.41, 5.74) is -0.853. The summed E-state index contributed by atoms with van der Waals surface area (Å²) in [4.78, 5) is 47.0. The Labute approximate surface area is 190 Å². The van der Waals surface area contributed by atoms with E-state index in [4.69, 9.17) is 9.47 Å². The van der Waals surface area contributed by atoms with E-state index in [2.05, 4.69) is 11.7 Å². The van der Waals surface area contributed by atoms with Gasteiger partial charge in [-0.25, -0.2) is 0 Å². The van der Waals surface area contributed by atoms with Crippen molar-refractivity contribution in [3.05, 3.63) is 48.1 Å². The third-order valence-electron chi connectivity index (χ3n) is 4.88. The van der Waals surface area contributed by atoms with Crippen molar-refractivity contribution in [2.75, 3.05) is 7.11 Å². The Balaban J connectivity index is 3.02. The second kappa shape index (κ2) is 14.2. The maximum Gasteiger partial charge on any atom is 0.305 e. The van der Waals surface area contributed by atoms with Crippen molar-refractivity contribution in [2.24, 2.45) is 0 Å². The van der Waals surface area contributed by atoms with Gasteiger partial charge >= 0.3 is 17.9 Å². The third-order valence-corrected chi connectivity index (χ3v) is 4.88. The number of ether oxygens (including phenoxy) is 3. The Bertz CT molecular complexity index is 788. The summed E-state index contributed by atoms with van der Waals surface area (Å²) in [6.45, 7) is 4.72. The van der Waals surface area contributed by atoms with Crippen LogP contribution in [0.3, 0.4) is 0 Å². The average Bonchev–Trinajstić information content (AvgIpc) is 3.03. The summed E-state index contributed by atoms with van der Waals surface area (Å²) in [5, 5.41) is 0. The lowest BCUT2D eigenvalue weighted by Gasteiger charge is -2.27. The normalized spacial score (nSPS) is 20.2. The van der Waals surface area contributed by atoms with Crippen molar-refractivity contribution in [1.29, 1.82) is 0 Å². The van der Waals surface area contributed by atoms with Gasteiger partial charge in [0.1, 0.15) is 6.10 Å². The van der Waals surface area contributed by atoms with E-state index in [-0.39, 0.29) is 18.6 Å². The van der Waals surface area contributed by atoms with Crippen LogP contribution in [0.4, 0.5) is 0 Å². The molecule has 1 aliphatic carbocycles. The lowest BCUT2D eigenvalue weighted by Crippen LogP contribution is -2.33. The van der Waals surface area contributed by atoms with Crippen LogP contribution in [0, 0.1) is 0 Å². The minimum Gasteiger partial charge on any atom is -0.469 e. The van der Waals surface area contributed by atoms with Crippen molar-refractivity contribution < 1.29 is 33.4 Å². The quantitative estimate of drug-likeness (QED) is 0.137. The van der Waals surface area contributed by atoms with Crippen LogP contribution in [-0.4, -0.2) is 42.5 Å². The van der Waals surface area contributed by atoms with Gasteiger partial charge in [0, 0.05) is 32.3 Å². The van der Waals surface area contributed by atoms with Crippen molar-refractivity contribution in [2.45, 2.75) is 77.4 Å². The number of carbonyl (C=O) groups excluding carboxylic acids is 4. The highest BCUT2D eigenvalue weighted by atomic mass is 16.6. The summed E-state index contributed by atoms with van der Waals surface area (Å²) in [7, 11) is 1.29. The molecule has 0 spiro atoms. The fourth-order valence-electron chi connectivity index (χ4n) is 3.32. The van der Waals surface area contributed by atoms with Crippen LogP contribution in [-0.2, 0) is 33.4 Å². The first kappa shape index (κ1) is 27.1. The molecule has 0 aliphatic heterocycles. The van der Waals surface area contributed by atoms with Gasteiger partial charge in [-0.05, 0) is 37.5 Å². The molecule has 7 heteroatoms. The van der Waals surface area contributed by atoms with Gasteiger partial charge in [-0.15, -0.1) is 0 Å². The molecular weight excluding hydrogens is 412 g/mol. The van der Waals surface area contributed by atoms with Gasteiger partial charge in [0.05, 0.1) is 7.11 Å². The maximum atomic E-state index is 12.5. The first-order valence-corrected chi connectivity index (χ1v) is 10.9. The molecule has 32 heavy (non-hydrogen) atoms. The van der Waals surface area contributed by atoms with Crippen molar-refractivity contribution in [3.63, 3.8) is 0 Å². The summed E-state index contributed by atoms with van der Waals surface area (Å²) in [5.74, 6) is -1.65. The van der Waals surface area contributed by atoms with E-state index in [0.29, 0.717) is 12.0 Å². The highest BCUT2D eigenvalue weighted by molar-refractivity contribution is 6.09. The number of esters is 3. The molecule has 1 aliphatic rings. The van der Waals surface area contributed by atoms with E-state index in [9.17, 15) is 19.2 Å². The second-order valence-electron chi connectivity index (χ2n) is 7.58. The Morgan fingerprint density at radius 2 is 1.88 bits per heavy atom. The molecule has 0 aromatic rings. The fourth-order valence-corrected chi connectivity index (χ4v) is 3.32. The zero-order valence-corrected chi connectivity index (χ0v) is 19.4. The summed E-state index contributed by atoms with van der Waals surface area (Å²) < 4.78 is 15.4. The molecule has 0 saturated heterocycles. The molecule has 2 atom stereocenters. The van der Waals surface area contributed by atoms with Gasteiger partial charge in [0.25, 0.3) is 0 Å². The van der Waals surface area contributed by atoms with Crippen molar-refractivity contribution in [3.8, 4) is 0 Å². The molecule has 0 radical (unpaired) electrons. The molecule has 0 fully saturated rings. The summed E-state index contributed by atoms with van der Waals surface area (Å²) in [6.07, 6.45) is 16.0. The first-order valence-electron chi connectivity index (χ1n) is 10.9. The molecule has 0 N–H and O–H groups in total. The Hall–Kier alpha value is -2.96. The van der Waals surface area contributed by atoms with Crippen LogP contribution in [0.1, 0.15) is 65.7 Å². The maximum absolute atomic E-state index is 12.5. The van der Waals surface area contributed by atoms with Crippen LogP contribution in [0.5, 0.6) is 0 Å². The first-order chi connectivity index (χ1) is 15.2. The topological polar surface area (TPSA) is 96.0 Å². The Morgan fingerprint density at radius 1 is 1.12 bits per heavy atom. The van der Waals surface area contributed by atoms with E-state index in [1.165, 1.54) is 27.0 Å². The molecule has 0 amide bonds. The van der Waals surface area contributed by atoms with Gasteiger partial charge in [-0.3, -0.25) is 19.2 Å². The molecule has 0 aromatic heterocycles. The number of methoxy groups -OCH3 is 1. The van der Waals surface area contributed by atoms with Crippen LogP contribution in [0.25, 0.3) is 0 Å². The molecule has 7 nitrogen and oxygen atoms in total. The second-order valence-corrected chi connectivity index (χ2v) is 7.58. The number of hydrogen-bond donors (Lipinski definition) is 0. The van der Waals surface area contributed by atoms with Gasteiger partial charge < -0.3 is 14.2 Å². The third kappa shape index (κ3) is 9.45. The van der Waals surface area contributed by atoms with E-state index >= 15 is 0 Å². The lowest BCUT2D eigenvalue weighted by atomic mass is 9.91. The minimum atomic E-state index is -1.17. The van der Waals surface area contributed by atoms with Gasteiger partial charge in [-0.2, -0.15) is 0 Å². The molecule has 0 saturated carbocycles. The van der Waals surface area contributed by atoms with Crippen LogP contribution in [0.2, 0.25) is 0 Å². The largest absolute Gasteiger partial charge is 0.469 e. The monoisotopic (exact) mass is 446 g/mol. The van der Waals surface area contributed by atoms with Gasteiger partial charge in [-0.1, -0.05) is 44.1 Å². The summed E-state index contributed by atoms with van der Waals surface area (Å²) >= 11 is 0. The number of rotatable bonds is 13. The Kier molecular flexibility index (Phi) is 12.0. The molecule has 176 valence electrons. The molecule has 2 unspecified atom stereocenters. The minimum absolute atomic E-state index is 0.0794.